The Balaban J connectivity index is 1.55. The molecular formula is C19H28N2O5S. The van der Waals surface area contributed by atoms with Gasteiger partial charge in [0.25, 0.3) is 5.91 Å². The van der Waals surface area contributed by atoms with Crippen molar-refractivity contribution in [1.82, 2.24) is 9.62 Å². The number of nitrogens with one attached hydrogen (secondary N) is 1. The van der Waals surface area contributed by atoms with Crippen LogP contribution in [-0.4, -0.2) is 57.3 Å². The fraction of sp³-hybridized carbons (Fsp3) is 0.632. The molecule has 2 aliphatic heterocycles. The number of hydrogen-bond donors (Lipinski definition) is 1. The number of ether oxygens (including phenoxy) is 2. The highest BCUT2D eigenvalue weighted by Gasteiger charge is 2.29. The van der Waals surface area contributed by atoms with Crippen molar-refractivity contribution in [2.75, 3.05) is 32.8 Å². The molecular weight excluding hydrogens is 368 g/mol. The van der Waals surface area contributed by atoms with Crippen LogP contribution in [0, 0.1) is 0 Å². The van der Waals surface area contributed by atoms with Crippen molar-refractivity contribution in [2.24, 2.45) is 0 Å². The molecule has 0 aromatic heterocycles. The smallest absolute Gasteiger partial charge is 0.251 e. The Bertz CT molecular complexity index is 736. The lowest BCUT2D eigenvalue weighted by atomic mass is 10.2. The second kappa shape index (κ2) is 8.68. The summed E-state index contributed by atoms with van der Waals surface area (Å²) in [7, 11) is -3.48. The molecule has 0 spiro atoms. The van der Waals surface area contributed by atoms with Gasteiger partial charge in [0, 0.05) is 31.6 Å². The van der Waals surface area contributed by atoms with Crippen LogP contribution in [0.4, 0.5) is 0 Å². The number of rotatable bonds is 6. The average molecular weight is 397 g/mol. The zero-order valence-electron chi connectivity index (χ0n) is 15.8. The van der Waals surface area contributed by atoms with E-state index in [4.69, 9.17) is 9.47 Å². The number of nitrogens with zero attached hydrogens (tertiary/aromatic N) is 1. The fourth-order valence-electron chi connectivity index (χ4n) is 3.36. The Labute approximate surface area is 161 Å². The average Bonchev–Trinajstić information content (AvgIpc) is 2.69. The zero-order valence-corrected chi connectivity index (χ0v) is 16.6. The van der Waals surface area contributed by atoms with E-state index >= 15 is 0 Å². The van der Waals surface area contributed by atoms with Gasteiger partial charge in [-0.25, -0.2) is 8.42 Å². The predicted molar refractivity (Wildman–Crippen MR) is 101 cm³/mol. The molecule has 2 heterocycles. The lowest BCUT2D eigenvalue weighted by molar-refractivity contribution is -0.257. The lowest BCUT2D eigenvalue weighted by Crippen LogP contribution is -2.41. The van der Waals surface area contributed by atoms with E-state index in [1.807, 2.05) is 6.92 Å². The topological polar surface area (TPSA) is 84.9 Å². The van der Waals surface area contributed by atoms with Crippen LogP contribution in [-0.2, 0) is 19.5 Å². The summed E-state index contributed by atoms with van der Waals surface area (Å²) in [5.41, 5.74) is 0.434. The van der Waals surface area contributed by atoms with Crippen LogP contribution in [0.15, 0.2) is 29.2 Å². The summed E-state index contributed by atoms with van der Waals surface area (Å²) in [4.78, 5) is 12.5. The monoisotopic (exact) mass is 396 g/mol. The first-order chi connectivity index (χ1) is 12.9. The molecule has 1 aromatic carbocycles. The van der Waals surface area contributed by atoms with E-state index in [1.54, 1.807) is 12.1 Å². The van der Waals surface area contributed by atoms with Crippen LogP contribution in [0.5, 0.6) is 0 Å². The van der Waals surface area contributed by atoms with E-state index in [9.17, 15) is 13.2 Å². The molecule has 2 saturated heterocycles. The summed E-state index contributed by atoms with van der Waals surface area (Å²) in [5, 5.41) is 2.83. The normalized spacial score (nSPS) is 20.9. The van der Waals surface area contributed by atoms with Gasteiger partial charge in [-0.15, -0.1) is 0 Å². The summed E-state index contributed by atoms with van der Waals surface area (Å²) < 4.78 is 38.1. The summed E-state index contributed by atoms with van der Waals surface area (Å²) >= 11 is 0. The van der Waals surface area contributed by atoms with Crippen molar-refractivity contribution >= 4 is 15.9 Å². The molecule has 0 unspecified atom stereocenters. The van der Waals surface area contributed by atoms with Crippen molar-refractivity contribution < 1.29 is 22.7 Å². The van der Waals surface area contributed by atoms with E-state index in [0.717, 1.165) is 25.7 Å². The van der Waals surface area contributed by atoms with Crippen LogP contribution >= 0.6 is 0 Å². The standard InChI is InChI=1S/C19H28N2O5S/c1-19(25-14-5-15-26-19)10-11-20-18(22)16-6-8-17(9-7-16)27(23,24)21-12-3-2-4-13-21/h6-9H,2-5,10-15H2,1H3,(H,20,22). The largest absolute Gasteiger partial charge is 0.352 e. The van der Waals surface area contributed by atoms with Gasteiger partial charge in [0.1, 0.15) is 0 Å². The van der Waals surface area contributed by atoms with Crippen molar-refractivity contribution in [3.63, 3.8) is 0 Å². The lowest BCUT2D eigenvalue weighted by Gasteiger charge is -2.33. The maximum absolute atomic E-state index is 12.6. The SMILES string of the molecule is CC1(CCNC(=O)c2ccc(S(=O)(=O)N3CCCCC3)cc2)OCCCO1. The molecule has 0 atom stereocenters. The second-order valence-corrected chi connectivity index (χ2v) is 9.12. The van der Waals surface area contributed by atoms with Crippen LogP contribution in [0.1, 0.15) is 49.4 Å². The zero-order chi connectivity index (χ0) is 19.3. The third-order valence-corrected chi connectivity index (χ3v) is 6.95. The van der Waals surface area contributed by atoms with E-state index in [2.05, 4.69) is 5.32 Å². The first-order valence-corrected chi connectivity index (χ1v) is 11.0. The molecule has 0 aliphatic carbocycles. The van der Waals surface area contributed by atoms with Gasteiger partial charge in [-0.3, -0.25) is 4.79 Å². The number of amides is 1. The van der Waals surface area contributed by atoms with E-state index < -0.39 is 15.8 Å². The van der Waals surface area contributed by atoms with Gasteiger partial charge >= 0.3 is 0 Å². The molecule has 2 aliphatic rings. The van der Waals surface area contributed by atoms with E-state index in [-0.39, 0.29) is 10.8 Å². The summed E-state index contributed by atoms with van der Waals surface area (Å²) in [5.74, 6) is -0.894. The van der Waals surface area contributed by atoms with Gasteiger partial charge in [-0.1, -0.05) is 6.42 Å². The third kappa shape index (κ3) is 5.07. The highest BCUT2D eigenvalue weighted by molar-refractivity contribution is 7.89. The quantitative estimate of drug-likeness (QED) is 0.796. The number of sulfonamides is 1. The van der Waals surface area contributed by atoms with Gasteiger partial charge in [0.05, 0.1) is 18.1 Å². The van der Waals surface area contributed by atoms with Gasteiger partial charge in [0.2, 0.25) is 10.0 Å². The molecule has 0 saturated carbocycles. The molecule has 3 rings (SSSR count). The number of piperidine rings is 1. The first-order valence-electron chi connectivity index (χ1n) is 9.57. The Morgan fingerprint density at radius 3 is 2.33 bits per heavy atom. The van der Waals surface area contributed by atoms with Crippen LogP contribution in [0.2, 0.25) is 0 Å². The minimum atomic E-state index is -3.48. The molecule has 150 valence electrons. The maximum atomic E-state index is 12.6. The number of carbonyl (C=O) groups excluding carboxylic acids is 1. The molecule has 8 heteroatoms. The number of carbonyl (C=O) groups is 1. The van der Waals surface area contributed by atoms with Crippen molar-refractivity contribution in [3.8, 4) is 0 Å². The highest BCUT2D eigenvalue weighted by Crippen LogP contribution is 2.22. The first kappa shape index (κ1) is 20.3. The summed E-state index contributed by atoms with van der Waals surface area (Å²) in [6, 6.07) is 6.13. The molecule has 27 heavy (non-hydrogen) atoms. The van der Waals surface area contributed by atoms with E-state index in [1.165, 1.54) is 16.4 Å². The molecule has 7 nitrogen and oxygen atoms in total. The Morgan fingerprint density at radius 1 is 1.07 bits per heavy atom. The van der Waals surface area contributed by atoms with E-state index in [0.29, 0.717) is 44.8 Å². The number of hydrogen-bond acceptors (Lipinski definition) is 5. The highest BCUT2D eigenvalue weighted by atomic mass is 32.2. The Morgan fingerprint density at radius 2 is 1.70 bits per heavy atom. The van der Waals surface area contributed by atoms with Gasteiger partial charge in [-0.05, 0) is 50.5 Å². The Kier molecular flexibility index (Phi) is 6.52. The fourth-order valence-corrected chi connectivity index (χ4v) is 4.88. The van der Waals surface area contributed by atoms with Gasteiger partial charge in [0.15, 0.2) is 5.79 Å². The predicted octanol–water partition coefficient (Wildman–Crippen LogP) is 2.13. The molecule has 0 bridgehead atoms. The minimum Gasteiger partial charge on any atom is -0.352 e. The second-order valence-electron chi connectivity index (χ2n) is 7.18. The van der Waals surface area contributed by atoms with Crippen molar-refractivity contribution in [2.45, 2.75) is 49.7 Å². The molecule has 0 radical (unpaired) electrons. The van der Waals surface area contributed by atoms with Crippen LogP contribution < -0.4 is 5.32 Å². The van der Waals surface area contributed by atoms with Crippen LogP contribution in [0.3, 0.4) is 0 Å². The third-order valence-electron chi connectivity index (χ3n) is 5.04. The molecule has 2 fully saturated rings. The van der Waals surface area contributed by atoms with Crippen molar-refractivity contribution in [1.29, 1.82) is 0 Å². The summed E-state index contributed by atoms with van der Waals surface area (Å²) in [6.07, 6.45) is 4.30. The molecule has 1 N–H and O–H groups in total. The minimum absolute atomic E-state index is 0.234. The van der Waals surface area contributed by atoms with Crippen LogP contribution in [0.25, 0.3) is 0 Å². The number of benzene rings is 1. The van der Waals surface area contributed by atoms with Crippen molar-refractivity contribution in [3.05, 3.63) is 29.8 Å². The summed E-state index contributed by atoms with van der Waals surface area (Å²) in [6.45, 7) is 4.75. The molecule has 1 amide bonds. The molecule has 1 aromatic rings. The Hall–Kier alpha value is -1.48. The van der Waals surface area contributed by atoms with Gasteiger partial charge in [-0.2, -0.15) is 4.31 Å². The van der Waals surface area contributed by atoms with Gasteiger partial charge < -0.3 is 14.8 Å². The maximum Gasteiger partial charge on any atom is 0.251 e.